The number of likely N-dealkylation sites (N-methyl/N-ethyl adjacent to an activating group) is 1. The van der Waals surface area contributed by atoms with E-state index in [2.05, 4.69) is 14.9 Å². The summed E-state index contributed by atoms with van der Waals surface area (Å²) in [5, 5.41) is 0. The van der Waals surface area contributed by atoms with Crippen LogP contribution in [-0.4, -0.2) is 83.2 Å². The van der Waals surface area contributed by atoms with Crippen LogP contribution in [0.5, 0.6) is 0 Å². The first-order chi connectivity index (χ1) is 14.0. The average molecular weight is 406 g/mol. The van der Waals surface area contributed by atoms with Gasteiger partial charge in [0.15, 0.2) is 11.6 Å². The minimum absolute atomic E-state index is 0.182. The molecule has 29 heavy (non-hydrogen) atoms. The predicted octanol–water partition coefficient (Wildman–Crippen LogP) is 1.86. The highest BCUT2D eigenvalue weighted by Crippen LogP contribution is 2.44. The predicted molar refractivity (Wildman–Crippen MR) is 108 cm³/mol. The smallest absolute Gasteiger partial charge is 0.236 e. The summed E-state index contributed by atoms with van der Waals surface area (Å²) in [6.07, 6.45) is 5.98. The lowest BCUT2D eigenvalue weighted by molar-refractivity contribution is -0.138. The summed E-state index contributed by atoms with van der Waals surface area (Å²) in [5.41, 5.74) is 0.174. The molecule has 1 aromatic heterocycles. The highest BCUT2D eigenvalue weighted by atomic mass is 19.1. The number of anilines is 1. The zero-order valence-corrected chi connectivity index (χ0v) is 17.7. The second-order valence-electron chi connectivity index (χ2n) is 8.64. The standard InChI is InChI=1S/C21H32FN5O2/c1-4-17-19(22)20(24-14-23-17)26-8-9-29-21(13-26)10-15-6-7-16(11-21)27(15)12-18(28)25(3)5-2/h14-16H,4-13H2,1-3H3/t15-,16+,21?. The minimum atomic E-state index is -0.305. The van der Waals surface area contributed by atoms with E-state index in [9.17, 15) is 9.18 Å². The number of morpholine rings is 1. The molecular weight excluding hydrogens is 373 g/mol. The van der Waals surface area contributed by atoms with Gasteiger partial charge in [-0.15, -0.1) is 0 Å². The Morgan fingerprint density at radius 1 is 1.31 bits per heavy atom. The Morgan fingerprint density at radius 2 is 2.03 bits per heavy atom. The van der Waals surface area contributed by atoms with Gasteiger partial charge in [0.1, 0.15) is 6.33 Å². The molecule has 1 spiro atoms. The molecule has 160 valence electrons. The summed E-state index contributed by atoms with van der Waals surface area (Å²) in [5.74, 6) is 0.274. The molecule has 0 N–H and O–H groups in total. The zero-order chi connectivity index (χ0) is 20.6. The number of halogens is 1. The lowest BCUT2D eigenvalue weighted by Crippen LogP contribution is -2.61. The molecule has 7 nitrogen and oxygen atoms in total. The topological polar surface area (TPSA) is 61.8 Å². The Labute approximate surface area is 172 Å². The Balaban J connectivity index is 1.49. The first kappa shape index (κ1) is 20.5. The molecule has 0 aromatic carbocycles. The fourth-order valence-corrected chi connectivity index (χ4v) is 5.24. The van der Waals surface area contributed by atoms with Crippen LogP contribution in [0.4, 0.5) is 10.2 Å². The van der Waals surface area contributed by atoms with Crippen molar-refractivity contribution >= 4 is 11.7 Å². The van der Waals surface area contributed by atoms with Gasteiger partial charge in [0.05, 0.1) is 24.4 Å². The molecular formula is C21H32FN5O2. The van der Waals surface area contributed by atoms with E-state index >= 15 is 0 Å². The van der Waals surface area contributed by atoms with Crippen molar-refractivity contribution in [3.8, 4) is 0 Å². The number of nitrogens with zero attached hydrogens (tertiary/aromatic N) is 5. The molecule has 8 heteroatoms. The Kier molecular flexibility index (Phi) is 5.75. The largest absolute Gasteiger partial charge is 0.371 e. The number of aromatic nitrogens is 2. The average Bonchev–Trinajstić information content (AvgIpc) is 2.97. The molecule has 3 saturated heterocycles. The number of rotatable bonds is 5. The molecule has 4 rings (SSSR count). The molecule has 0 saturated carbocycles. The van der Waals surface area contributed by atoms with Crippen LogP contribution in [0.2, 0.25) is 0 Å². The fourth-order valence-electron chi connectivity index (χ4n) is 5.24. The number of fused-ring (bicyclic) bond motifs is 2. The van der Waals surface area contributed by atoms with Crippen molar-refractivity contribution in [1.82, 2.24) is 19.8 Å². The van der Waals surface area contributed by atoms with Crippen molar-refractivity contribution in [3.63, 3.8) is 0 Å². The maximum atomic E-state index is 14.8. The summed E-state index contributed by atoms with van der Waals surface area (Å²) < 4.78 is 21.2. The van der Waals surface area contributed by atoms with Crippen molar-refractivity contribution in [2.75, 3.05) is 44.7 Å². The van der Waals surface area contributed by atoms with E-state index in [1.54, 1.807) is 4.90 Å². The SMILES string of the molecule is CCc1ncnc(N2CCOC3(C[C@H]4CC[C@@H](C3)N4CC(=O)N(C)CC)C2)c1F. The summed E-state index contributed by atoms with van der Waals surface area (Å²) in [7, 11) is 1.86. The zero-order valence-electron chi connectivity index (χ0n) is 17.7. The van der Waals surface area contributed by atoms with E-state index in [0.717, 1.165) is 32.2 Å². The van der Waals surface area contributed by atoms with Crippen LogP contribution in [0.1, 0.15) is 45.2 Å². The van der Waals surface area contributed by atoms with Gasteiger partial charge in [-0.1, -0.05) is 6.92 Å². The van der Waals surface area contributed by atoms with Gasteiger partial charge >= 0.3 is 0 Å². The highest BCUT2D eigenvalue weighted by molar-refractivity contribution is 5.78. The van der Waals surface area contributed by atoms with Crippen molar-refractivity contribution in [2.24, 2.45) is 0 Å². The maximum Gasteiger partial charge on any atom is 0.236 e. The number of hydrogen-bond donors (Lipinski definition) is 0. The summed E-state index contributed by atoms with van der Waals surface area (Å²) in [6, 6.07) is 0.703. The molecule has 3 aliphatic heterocycles. The highest BCUT2D eigenvalue weighted by Gasteiger charge is 2.51. The summed E-state index contributed by atoms with van der Waals surface area (Å²) >= 11 is 0. The van der Waals surface area contributed by atoms with Crippen LogP contribution >= 0.6 is 0 Å². The number of carbonyl (C=O) groups excluding carboxylic acids is 1. The second kappa shape index (κ2) is 8.14. The number of ether oxygens (including phenoxy) is 1. The first-order valence-electron chi connectivity index (χ1n) is 10.8. The van der Waals surface area contributed by atoms with E-state index in [1.807, 2.05) is 25.8 Å². The lowest BCUT2D eigenvalue weighted by atomic mass is 9.84. The van der Waals surface area contributed by atoms with Crippen LogP contribution in [0.3, 0.4) is 0 Å². The number of piperidine rings is 1. The van der Waals surface area contributed by atoms with Crippen molar-refractivity contribution in [2.45, 2.75) is 63.6 Å². The van der Waals surface area contributed by atoms with E-state index in [1.165, 1.54) is 6.33 Å². The molecule has 2 bridgehead atoms. The number of hydrogen-bond acceptors (Lipinski definition) is 6. The monoisotopic (exact) mass is 405 g/mol. The number of amides is 1. The maximum absolute atomic E-state index is 14.8. The van der Waals surface area contributed by atoms with Crippen LogP contribution in [0.25, 0.3) is 0 Å². The molecule has 1 unspecified atom stereocenters. The summed E-state index contributed by atoms with van der Waals surface area (Å²) in [6.45, 7) is 6.97. The molecule has 0 aliphatic carbocycles. The Morgan fingerprint density at radius 3 is 2.69 bits per heavy atom. The first-order valence-corrected chi connectivity index (χ1v) is 10.8. The van der Waals surface area contributed by atoms with Crippen LogP contribution < -0.4 is 4.90 Å². The molecule has 0 radical (unpaired) electrons. The van der Waals surface area contributed by atoms with E-state index in [-0.39, 0.29) is 17.3 Å². The third-order valence-electron chi connectivity index (χ3n) is 6.93. The molecule has 1 aromatic rings. The lowest BCUT2D eigenvalue weighted by Gasteiger charge is -2.50. The third-order valence-corrected chi connectivity index (χ3v) is 6.93. The Bertz CT molecular complexity index is 747. The normalized spacial score (nSPS) is 29.4. The fraction of sp³-hybridized carbons (Fsp3) is 0.762. The van der Waals surface area contributed by atoms with Gasteiger partial charge in [-0.05, 0) is 39.0 Å². The number of aryl methyl sites for hydroxylation is 1. The molecule has 4 heterocycles. The molecule has 3 atom stereocenters. The summed E-state index contributed by atoms with van der Waals surface area (Å²) in [4.78, 5) is 27.0. The van der Waals surface area contributed by atoms with Gasteiger partial charge in [-0.3, -0.25) is 9.69 Å². The van der Waals surface area contributed by atoms with Crippen molar-refractivity contribution < 1.29 is 13.9 Å². The minimum Gasteiger partial charge on any atom is -0.371 e. The molecule has 3 aliphatic rings. The van der Waals surface area contributed by atoms with Gasteiger partial charge < -0.3 is 14.5 Å². The van der Waals surface area contributed by atoms with Crippen LogP contribution in [0, 0.1) is 5.82 Å². The van der Waals surface area contributed by atoms with E-state index in [0.29, 0.717) is 56.3 Å². The second-order valence-corrected chi connectivity index (χ2v) is 8.64. The van der Waals surface area contributed by atoms with Gasteiger partial charge in [0.25, 0.3) is 0 Å². The third kappa shape index (κ3) is 3.84. The van der Waals surface area contributed by atoms with Crippen LogP contribution in [0.15, 0.2) is 6.33 Å². The van der Waals surface area contributed by atoms with Crippen molar-refractivity contribution in [1.29, 1.82) is 0 Å². The van der Waals surface area contributed by atoms with Crippen LogP contribution in [-0.2, 0) is 16.0 Å². The van der Waals surface area contributed by atoms with Gasteiger partial charge in [-0.25, -0.2) is 14.4 Å². The Hall–Kier alpha value is -1.80. The van der Waals surface area contributed by atoms with Gasteiger partial charge in [-0.2, -0.15) is 0 Å². The van der Waals surface area contributed by atoms with Gasteiger partial charge in [0, 0.05) is 38.8 Å². The number of carbonyl (C=O) groups is 1. The van der Waals surface area contributed by atoms with E-state index < -0.39 is 0 Å². The quantitative estimate of drug-likeness (QED) is 0.745. The van der Waals surface area contributed by atoms with Gasteiger partial charge in [0.2, 0.25) is 5.91 Å². The van der Waals surface area contributed by atoms with Crippen molar-refractivity contribution in [3.05, 3.63) is 17.8 Å². The van der Waals surface area contributed by atoms with E-state index in [4.69, 9.17) is 4.74 Å². The molecule has 1 amide bonds. The molecule has 3 fully saturated rings.